The number of carbonyl (C=O) groups excluding carboxylic acids is 2. The Morgan fingerprint density at radius 2 is 1.72 bits per heavy atom. The van der Waals surface area contributed by atoms with Gasteiger partial charge >= 0.3 is 0 Å². The molecule has 29 heavy (non-hydrogen) atoms. The van der Waals surface area contributed by atoms with Crippen LogP contribution in [0.3, 0.4) is 0 Å². The van der Waals surface area contributed by atoms with Crippen LogP contribution in [0.1, 0.15) is 5.56 Å². The Morgan fingerprint density at radius 1 is 1.00 bits per heavy atom. The minimum absolute atomic E-state index is 0.0865. The van der Waals surface area contributed by atoms with E-state index in [1.807, 2.05) is 0 Å². The largest absolute Gasteiger partial charge is 0.486 e. The summed E-state index contributed by atoms with van der Waals surface area (Å²) in [5.74, 6) is -0.930. The van der Waals surface area contributed by atoms with E-state index in [1.165, 1.54) is 24.3 Å². The predicted octanol–water partition coefficient (Wildman–Crippen LogP) is 1.66. The molecule has 0 bridgehead atoms. The lowest BCUT2D eigenvalue weighted by atomic mass is 9.94. The molecule has 3 heterocycles. The highest BCUT2D eigenvalue weighted by Crippen LogP contribution is 2.39. The van der Waals surface area contributed by atoms with Gasteiger partial charge in [-0.3, -0.25) is 19.7 Å². The van der Waals surface area contributed by atoms with Crippen LogP contribution in [-0.2, 0) is 14.4 Å². The van der Waals surface area contributed by atoms with Gasteiger partial charge in [-0.25, -0.2) is 4.90 Å². The van der Waals surface area contributed by atoms with Crippen molar-refractivity contribution in [3.8, 4) is 11.5 Å². The van der Waals surface area contributed by atoms with Gasteiger partial charge < -0.3 is 14.3 Å². The molecule has 0 unspecified atom stereocenters. The van der Waals surface area contributed by atoms with E-state index in [0.29, 0.717) is 36.0 Å². The first-order valence-corrected chi connectivity index (χ1v) is 8.80. The number of benzene rings is 2. The number of ether oxygens (including phenoxy) is 2. The maximum Gasteiger partial charge on any atom is 0.278 e. The number of oxime groups is 1. The number of nitro groups is 1. The summed E-state index contributed by atoms with van der Waals surface area (Å²) in [6.07, 6.45) is -1.07. The van der Waals surface area contributed by atoms with Crippen LogP contribution >= 0.6 is 0 Å². The van der Waals surface area contributed by atoms with E-state index in [0.717, 1.165) is 4.90 Å². The number of rotatable bonds is 3. The van der Waals surface area contributed by atoms with Crippen molar-refractivity contribution in [1.29, 1.82) is 0 Å². The molecule has 0 radical (unpaired) electrons. The van der Waals surface area contributed by atoms with Gasteiger partial charge in [0.15, 0.2) is 11.5 Å². The van der Waals surface area contributed by atoms with Crippen molar-refractivity contribution in [1.82, 2.24) is 0 Å². The Hall–Kier alpha value is -3.95. The van der Waals surface area contributed by atoms with E-state index in [-0.39, 0.29) is 11.4 Å². The average Bonchev–Trinajstić information content (AvgIpc) is 3.28. The molecule has 2 aromatic carbocycles. The number of imide groups is 1. The summed E-state index contributed by atoms with van der Waals surface area (Å²) >= 11 is 0. The highest BCUT2D eigenvalue weighted by Gasteiger charge is 2.56. The number of amides is 2. The molecule has 1 saturated heterocycles. The van der Waals surface area contributed by atoms with Crippen LogP contribution < -0.4 is 14.4 Å². The van der Waals surface area contributed by atoms with E-state index in [2.05, 4.69) is 5.16 Å². The molecular formula is C19H13N3O7. The van der Waals surface area contributed by atoms with Gasteiger partial charge in [0.2, 0.25) is 12.0 Å². The number of nitro benzene ring substituents is 1. The van der Waals surface area contributed by atoms with Crippen molar-refractivity contribution >= 4 is 28.9 Å². The summed E-state index contributed by atoms with van der Waals surface area (Å²) in [5, 5.41) is 14.7. The molecule has 3 aliphatic heterocycles. The van der Waals surface area contributed by atoms with Gasteiger partial charge in [-0.2, -0.15) is 0 Å². The van der Waals surface area contributed by atoms with Crippen LogP contribution in [0, 0.1) is 16.0 Å². The molecule has 2 amide bonds. The Balaban J connectivity index is 1.46. The van der Waals surface area contributed by atoms with Gasteiger partial charge in [0, 0.05) is 23.8 Å². The van der Waals surface area contributed by atoms with Crippen LogP contribution in [0.4, 0.5) is 11.4 Å². The van der Waals surface area contributed by atoms with Gasteiger partial charge in [-0.1, -0.05) is 5.16 Å². The van der Waals surface area contributed by atoms with Gasteiger partial charge in [0.25, 0.3) is 11.6 Å². The van der Waals surface area contributed by atoms with Crippen molar-refractivity contribution in [3.63, 3.8) is 0 Å². The van der Waals surface area contributed by atoms with Crippen molar-refractivity contribution in [2.75, 3.05) is 18.1 Å². The number of fused-ring (bicyclic) bond motifs is 2. The van der Waals surface area contributed by atoms with Crippen molar-refractivity contribution in [2.45, 2.75) is 6.10 Å². The molecule has 2 atom stereocenters. The van der Waals surface area contributed by atoms with Crippen molar-refractivity contribution in [3.05, 3.63) is 58.1 Å². The van der Waals surface area contributed by atoms with Crippen LogP contribution in [0.25, 0.3) is 0 Å². The van der Waals surface area contributed by atoms with E-state index in [4.69, 9.17) is 14.3 Å². The van der Waals surface area contributed by atoms with Gasteiger partial charge in [0.05, 0.1) is 10.6 Å². The molecule has 2 aromatic rings. The van der Waals surface area contributed by atoms with E-state index in [1.54, 1.807) is 18.2 Å². The van der Waals surface area contributed by atoms with E-state index < -0.39 is 28.8 Å². The zero-order valence-electron chi connectivity index (χ0n) is 14.8. The molecule has 10 nitrogen and oxygen atoms in total. The lowest BCUT2D eigenvalue weighted by Crippen LogP contribution is -2.33. The zero-order chi connectivity index (χ0) is 20.1. The fourth-order valence-electron chi connectivity index (χ4n) is 3.60. The van der Waals surface area contributed by atoms with Crippen LogP contribution in [0.2, 0.25) is 0 Å². The highest BCUT2D eigenvalue weighted by atomic mass is 16.7. The second kappa shape index (κ2) is 6.30. The number of hydrogen-bond donors (Lipinski definition) is 0. The summed E-state index contributed by atoms with van der Waals surface area (Å²) in [5.41, 5.74) is 1.01. The fraction of sp³-hybridized carbons (Fsp3) is 0.211. The molecule has 0 aliphatic carbocycles. The van der Waals surface area contributed by atoms with Gasteiger partial charge in [-0.05, 0) is 24.3 Å². The molecule has 3 aliphatic rings. The smallest absolute Gasteiger partial charge is 0.278 e. The number of anilines is 1. The minimum atomic E-state index is -1.07. The first kappa shape index (κ1) is 17.2. The quantitative estimate of drug-likeness (QED) is 0.440. The van der Waals surface area contributed by atoms with Crippen LogP contribution in [0.5, 0.6) is 11.5 Å². The standard InChI is InChI=1S/C19H13N3O7/c23-18-15-16(10-1-3-11(4-2-10)22(25)26)20-29-17(15)19(24)21(18)12-5-6-13-14(9-12)28-8-7-27-13/h1-6,9,15,17H,7-8H2/t15-,17-/m0/s1. The average molecular weight is 395 g/mol. The van der Waals surface area contributed by atoms with E-state index in [9.17, 15) is 19.7 Å². The molecule has 146 valence electrons. The lowest BCUT2D eigenvalue weighted by Gasteiger charge is -2.21. The van der Waals surface area contributed by atoms with Crippen LogP contribution in [-0.4, -0.2) is 41.8 Å². The van der Waals surface area contributed by atoms with Crippen molar-refractivity contribution in [2.24, 2.45) is 11.1 Å². The summed E-state index contributed by atoms with van der Waals surface area (Å²) in [6.45, 7) is 0.810. The lowest BCUT2D eigenvalue weighted by molar-refractivity contribution is -0.384. The normalized spacial score (nSPS) is 22.2. The monoisotopic (exact) mass is 395 g/mol. The number of non-ortho nitro benzene ring substituents is 1. The molecule has 0 spiro atoms. The number of nitrogens with zero attached hydrogens (tertiary/aromatic N) is 3. The molecule has 0 aromatic heterocycles. The molecule has 1 fully saturated rings. The predicted molar refractivity (Wildman–Crippen MR) is 97.9 cm³/mol. The Morgan fingerprint density at radius 3 is 2.45 bits per heavy atom. The summed E-state index contributed by atoms with van der Waals surface area (Å²) < 4.78 is 11.0. The Labute approximate surface area is 163 Å². The SMILES string of the molecule is O=C1[C@H]2C(c3ccc([N+](=O)[O-])cc3)=NO[C@@H]2C(=O)N1c1ccc2c(c1)OCCO2. The van der Waals surface area contributed by atoms with Gasteiger partial charge in [-0.15, -0.1) is 0 Å². The zero-order valence-corrected chi connectivity index (χ0v) is 14.8. The highest BCUT2D eigenvalue weighted by molar-refractivity contribution is 6.32. The van der Waals surface area contributed by atoms with E-state index >= 15 is 0 Å². The molecule has 0 saturated carbocycles. The summed E-state index contributed by atoms with van der Waals surface area (Å²) in [4.78, 5) is 42.5. The van der Waals surface area contributed by atoms with Gasteiger partial charge in [0.1, 0.15) is 24.8 Å². The Kier molecular flexibility index (Phi) is 3.73. The topological polar surface area (TPSA) is 121 Å². The second-order valence-electron chi connectivity index (χ2n) is 6.62. The van der Waals surface area contributed by atoms with Crippen LogP contribution in [0.15, 0.2) is 47.6 Å². The molecule has 5 rings (SSSR count). The molecular weight excluding hydrogens is 382 g/mol. The summed E-state index contributed by atoms with van der Waals surface area (Å²) in [7, 11) is 0. The molecule has 10 heteroatoms. The number of carbonyl (C=O) groups is 2. The fourth-order valence-corrected chi connectivity index (χ4v) is 3.60. The van der Waals surface area contributed by atoms with Crippen molar-refractivity contribution < 1.29 is 28.8 Å². The summed E-state index contributed by atoms with van der Waals surface area (Å²) in [6, 6.07) is 10.4. The number of hydrogen-bond acceptors (Lipinski definition) is 8. The molecule has 0 N–H and O–H groups in total. The minimum Gasteiger partial charge on any atom is -0.486 e. The first-order valence-electron chi connectivity index (χ1n) is 8.80. The third kappa shape index (κ3) is 2.60. The maximum absolute atomic E-state index is 13.1. The maximum atomic E-state index is 13.1. The first-order chi connectivity index (χ1) is 14.0. The third-order valence-electron chi connectivity index (χ3n) is 4.97. The second-order valence-corrected chi connectivity index (χ2v) is 6.62. The Bertz CT molecular complexity index is 1080. The third-order valence-corrected chi connectivity index (χ3v) is 4.97.